The van der Waals surface area contributed by atoms with E-state index in [0.717, 1.165) is 9.26 Å². The number of carboxylic acid groups (broad SMARTS) is 1. The minimum atomic E-state index is -0.825. The third kappa shape index (κ3) is 3.02. The number of halogens is 1. The van der Waals surface area contributed by atoms with E-state index in [1.807, 2.05) is 24.3 Å². The molecule has 0 bridgehead atoms. The van der Waals surface area contributed by atoms with Crippen molar-refractivity contribution in [3.63, 3.8) is 0 Å². The van der Waals surface area contributed by atoms with Crippen LogP contribution in [0.5, 0.6) is 0 Å². The number of para-hydroxylation sites is 1. The van der Waals surface area contributed by atoms with E-state index in [-0.39, 0.29) is 6.42 Å². The lowest BCUT2D eigenvalue weighted by molar-refractivity contribution is -0.136. The van der Waals surface area contributed by atoms with Gasteiger partial charge in [-0.15, -0.1) is 5.10 Å². The normalized spacial score (nSPS) is 10.4. The molecule has 2 aromatic rings. The van der Waals surface area contributed by atoms with Crippen LogP contribution in [0.4, 0.5) is 0 Å². The molecule has 0 atom stereocenters. The topological polar surface area (TPSA) is 68.0 Å². The second-order valence-electron chi connectivity index (χ2n) is 3.50. The van der Waals surface area contributed by atoms with Crippen LogP contribution in [0.25, 0.3) is 5.69 Å². The summed E-state index contributed by atoms with van der Waals surface area (Å²) in [7, 11) is 0. The fourth-order valence-electron chi connectivity index (χ4n) is 1.40. The molecule has 5 nitrogen and oxygen atoms in total. The fourth-order valence-corrected chi connectivity index (χ4v) is 2.04. The Morgan fingerprint density at radius 2 is 2.18 bits per heavy atom. The van der Waals surface area contributed by atoms with Crippen LogP contribution in [-0.4, -0.2) is 26.1 Å². The number of nitrogens with zero attached hydrogens (tertiary/aromatic N) is 3. The second-order valence-corrected chi connectivity index (χ2v) is 4.66. The van der Waals surface area contributed by atoms with Gasteiger partial charge in [-0.05, 0) is 34.7 Å². The molecule has 0 aliphatic rings. The quantitative estimate of drug-likeness (QED) is 0.861. The van der Waals surface area contributed by atoms with Crippen molar-refractivity contribution >= 4 is 28.6 Å². The summed E-state index contributed by atoms with van der Waals surface area (Å²) < 4.78 is 2.73. The van der Waals surface area contributed by atoms with Crippen LogP contribution in [0, 0.1) is 3.57 Å². The average Bonchev–Trinajstić information content (AvgIpc) is 2.75. The smallest absolute Gasteiger partial charge is 0.303 e. The molecule has 0 spiro atoms. The number of rotatable bonds is 4. The molecule has 1 aromatic heterocycles. The Kier molecular flexibility index (Phi) is 3.72. The van der Waals surface area contributed by atoms with E-state index in [4.69, 9.17) is 5.11 Å². The molecule has 88 valence electrons. The van der Waals surface area contributed by atoms with Crippen molar-refractivity contribution in [2.75, 3.05) is 0 Å². The number of aryl methyl sites for hydroxylation is 1. The molecule has 6 heteroatoms. The molecule has 0 saturated heterocycles. The SMILES string of the molecule is O=C(O)CCc1cn(-c2ccccc2I)nn1. The first kappa shape index (κ1) is 12.0. The lowest BCUT2D eigenvalue weighted by atomic mass is 10.2. The lowest BCUT2D eigenvalue weighted by Crippen LogP contribution is -1.98. The van der Waals surface area contributed by atoms with E-state index in [0.29, 0.717) is 12.1 Å². The van der Waals surface area contributed by atoms with Gasteiger partial charge in [0.05, 0.1) is 24.0 Å². The maximum absolute atomic E-state index is 10.4. The maximum Gasteiger partial charge on any atom is 0.303 e. The summed E-state index contributed by atoms with van der Waals surface area (Å²) in [5, 5.41) is 16.5. The monoisotopic (exact) mass is 343 g/mol. The zero-order chi connectivity index (χ0) is 12.3. The first-order valence-corrected chi connectivity index (χ1v) is 6.12. The van der Waals surface area contributed by atoms with E-state index in [1.165, 1.54) is 0 Å². The van der Waals surface area contributed by atoms with Crippen LogP contribution < -0.4 is 0 Å². The van der Waals surface area contributed by atoms with Crippen molar-refractivity contribution in [1.82, 2.24) is 15.0 Å². The summed E-state index contributed by atoms with van der Waals surface area (Å²) in [5.74, 6) is -0.825. The number of hydrogen-bond acceptors (Lipinski definition) is 3. The van der Waals surface area contributed by atoms with Crippen LogP contribution in [0.15, 0.2) is 30.5 Å². The van der Waals surface area contributed by atoms with Gasteiger partial charge in [0.2, 0.25) is 0 Å². The van der Waals surface area contributed by atoms with Gasteiger partial charge in [0.15, 0.2) is 0 Å². The van der Waals surface area contributed by atoms with Gasteiger partial charge in [-0.3, -0.25) is 4.79 Å². The minimum absolute atomic E-state index is 0.0740. The minimum Gasteiger partial charge on any atom is -0.481 e. The van der Waals surface area contributed by atoms with Crippen LogP contribution in [0.3, 0.4) is 0 Å². The molecular weight excluding hydrogens is 333 g/mol. The zero-order valence-electron chi connectivity index (χ0n) is 8.88. The maximum atomic E-state index is 10.4. The highest BCUT2D eigenvalue weighted by Gasteiger charge is 2.06. The van der Waals surface area contributed by atoms with Gasteiger partial charge in [0, 0.05) is 9.99 Å². The lowest BCUT2D eigenvalue weighted by Gasteiger charge is -2.01. The van der Waals surface area contributed by atoms with Gasteiger partial charge in [0.1, 0.15) is 0 Å². The highest BCUT2D eigenvalue weighted by molar-refractivity contribution is 14.1. The number of hydrogen-bond donors (Lipinski definition) is 1. The summed E-state index contributed by atoms with van der Waals surface area (Å²) in [6.07, 6.45) is 2.24. The van der Waals surface area contributed by atoms with Crippen molar-refractivity contribution in [2.45, 2.75) is 12.8 Å². The van der Waals surface area contributed by atoms with E-state index < -0.39 is 5.97 Å². The predicted octanol–water partition coefficient (Wildman–Crippen LogP) is 1.89. The van der Waals surface area contributed by atoms with Crippen molar-refractivity contribution in [3.05, 3.63) is 39.7 Å². The predicted molar refractivity (Wildman–Crippen MR) is 70.0 cm³/mol. The standard InChI is InChI=1S/C11H10IN3O2/c12-9-3-1-2-4-10(9)15-7-8(13-14-15)5-6-11(16)17/h1-4,7H,5-6H2,(H,16,17). The van der Waals surface area contributed by atoms with Crippen LogP contribution >= 0.6 is 22.6 Å². The number of aromatic nitrogens is 3. The molecule has 0 fully saturated rings. The molecular formula is C11H10IN3O2. The highest BCUT2D eigenvalue weighted by atomic mass is 127. The van der Waals surface area contributed by atoms with Crippen molar-refractivity contribution in [2.24, 2.45) is 0 Å². The molecule has 1 N–H and O–H groups in total. The Balaban J connectivity index is 2.18. The summed E-state index contributed by atoms with van der Waals surface area (Å²) >= 11 is 2.22. The Bertz CT molecular complexity index is 539. The Hall–Kier alpha value is -1.44. The molecule has 1 aromatic carbocycles. The number of benzene rings is 1. The first-order chi connectivity index (χ1) is 8.16. The molecule has 0 saturated carbocycles. The van der Waals surface area contributed by atoms with E-state index in [9.17, 15) is 4.79 Å². The molecule has 0 radical (unpaired) electrons. The molecule has 2 rings (SSSR count). The summed E-state index contributed by atoms with van der Waals surface area (Å²) in [6.45, 7) is 0. The molecule has 17 heavy (non-hydrogen) atoms. The third-order valence-electron chi connectivity index (χ3n) is 2.24. The van der Waals surface area contributed by atoms with Crippen molar-refractivity contribution < 1.29 is 9.90 Å². The molecule has 0 aliphatic carbocycles. The third-order valence-corrected chi connectivity index (χ3v) is 3.15. The van der Waals surface area contributed by atoms with E-state index in [1.54, 1.807) is 10.9 Å². The van der Waals surface area contributed by atoms with Crippen LogP contribution in [-0.2, 0) is 11.2 Å². The highest BCUT2D eigenvalue weighted by Crippen LogP contribution is 2.15. The number of aliphatic carboxylic acids is 1. The number of carboxylic acids is 1. The summed E-state index contributed by atoms with van der Waals surface area (Å²) in [4.78, 5) is 10.4. The largest absolute Gasteiger partial charge is 0.481 e. The van der Waals surface area contributed by atoms with Gasteiger partial charge >= 0.3 is 5.97 Å². The van der Waals surface area contributed by atoms with Gasteiger partial charge < -0.3 is 5.11 Å². The zero-order valence-corrected chi connectivity index (χ0v) is 11.0. The van der Waals surface area contributed by atoms with Crippen molar-refractivity contribution in [1.29, 1.82) is 0 Å². The van der Waals surface area contributed by atoms with Gasteiger partial charge in [-0.25, -0.2) is 4.68 Å². The van der Waals surface area contributed by atoms with Gasteiger partial charge in [-0.2, -0.15) is 0 Å². The van der Waals surface area contributed by atoms with Gasteiger partial charge in [0.25, 0.3) is 0 Å². The van der Waals surface area contributed by atoms with Gasteiger partial charge in [-0.1, -0.05) is 17.3 Å². The Labute approximate surface area is 112 Å². The second kappa shape index (κ2) is 5.26. The van der Waals surface area contributed by atoms with Crippen LogP contribution in [0.1, 0.15) is 12.1 Å². The molecule has 1 heterocycles. The summed E-state index contributed by atoms with van der Waals surface area (Å²) in [5.41, 5.74) is 1.63. The van der Waals surface area contributed by atoms with Crippen LogP contribution in [0.2, 0.25) is 0 Å². The van der Waals surface area contributed by atoms with E-state index in [2.05, 4.69) is 32.9 Å². The fraction of sp³-hybridized carbons (Fsp3) is 0.182. The first-order valence-electron chi connectivity index (χ1n) is 5.05. The Morgan fingerprint density at radius 3 is 2.88 bits per heavy atom. The Morgan fingerprint density at radius 1 is 1.41 bits per heavy atom. The molecule has 0 amide bonds. The molecule has 0 unspecified atom stereocenters. The average molecular weight is 343 g/mol. The summed E-state index contributed by atoms with van der Waals surface area (Å²) in [6, 6.07) is 7.80. The number of carbonyl (C=O) groups is 1. The van der Waals surface area contributed by atoms with Crippen molar-refractivity contribution in [3.8, 4) is 5.69 Å². The molecule has 0 aliphatic heterocycles. The van der Waals surface area contributed by atoms with E-state index >= 15 is 0 Å².